The Kier molecular flexibility index (Phi) is 4.04. The third kappa shape index (κ3) is 2.96. The van der Waals surface area contributed by atoms with Gasteiger partial charge >= 0.3 is 0 Å². The van der Waals surface area contributed by atoms with Crippen LogP contribution >= 0.6 is 11.3 Å². The van der Waals surface area contributed by atoms with Crippen LogP contribution in [0.1, 0.15) is 38.9 Å². The monoisotopic (exact) mass is 294 g/mol. The van der Waals surface area contributed by atoms with Crippen molar-refractivity contribution in [3.8, 4) is 5.75 Å². The van der Waals surface area contributed by atoms with E-state index in [9.17, 15) is 14.3 Å². The number of carbonyl (C=O) groups is 1. The van der Waals surface area contributed by atoms with E-state index in [0.29, 0.717) is 0 Å². The predicted molar refractivity (Wildman–Crippen MR) is 75.5 cm³/mol. The number of hydrogen-bond acceptors (Lipinski definition) is 4. The quantitative estimate of drug-likeness (QED) is 0.914. The molecule has 4 nitrogen and oxygen atoms in total. The third-order valence-corrected chi connectivity index (χ3v) is 4.14. The lowest BCUT2D eigenvalue weighted by molar-refractivity contribution is 0.0937. The minimum atomic E-state index is -0.582. The fourth-order valence-electron chi connectivity index (χ4n) is 1.99. The van der Waals surface area contributed by atoms with Gasteiger partial charge < -0.3 is 10.4 Å². The number of nitrogens with zero attached hydrogens (tertiary/aromatic N) is 1. The normalized spacial score (nSPS) is 12.2. The van der Waals surface area contributed by atoms with Crippen molar-refractivity contribution < 1.29 is 14.3 Å². The lowest BCUT2D eigenvalue weighted by Gasteiger charge is -2.13. The molecule has 2 aromatic rings. The Hall–Kier alpha value is -1.95. The van der Waals surface area contributed by atoms with E-state index in [4.69, 9.17) is 0 Å². The van der Waals surface area contributed by atoms with Crippen molar-refractivity contribution in [2.75, 3.05) is 0 Å². The summed E-state index contributed by atoms with van der Waals surface area (Å²) >= 11 is 1.52. The van der Waals surface area contributed by atoms with Crippen molar-refractivity contribution in [2.24, 2.45) is 0 Å². The van der Waals surface area contributed by atoms with Crippen LogP contribution < -0.4 is 5.32 Å². The Morgan fingerprint density at radius 1 is 1.45 bits per heavy atom. The highest BCUT2D eigenvalue weighted by atomic mass is 32.1. The van der Waals surface area contributed by atoms with Crippen LogP contribution in [0.3, 0.4) is 0 Å². The number of amides is 1. The van der Waals surface area contributed by atoms with Gasteiger partial charge in [-0.2, -0.15) is 0 Å². The van der Waals surface area contributed by atoms with Gasteiger partial charge in [-0.15, -0.1) is 11.3 Å². The van der Waals surface area contributed by atoms with Gasteiger partial charge in [-0.05, 0) is 32.9 Å². The van der Waals surface area contributed by atoms with Crippen LogP contribution in [0.15, 0.2) is 18.2 Å². The summed E-state index contributed by atoms with van der Waals surface area (Å²) in [6.07, 6.45) is 0. The Morgan fingerprint density at radius 3 is 2.70 bits per heavy atom. The number of phenolic OH excluding ortho intramolecular Hbond substituents is 1. The van der Waals surface area contributed by atoms with Crippen LogP contribution in [0.4, 0.5) is 4.39 Å². The van der Waals surface area contributed by atoms with E-state index in [1.54, 1.807) is 0 Å². The smallest absolute Gasteiger partial charge is 0.255 e. The van der Waals surface area contributed by atoms with Gasteiger partial charge in [0.25, 0.3) is 5.91 Å². The van der Waals surface area contributed by atoms with Crippen LogP contribution in [0, 0.1) is 19.7 Å². The van der Waals surface area contributed by atoms with E-state index < -0.39 is 11.7 Å². The Balaban J connectivity index is 2.17. The van der Waals surface area contributed by atoms with Gasteiger partial charge in [-0.25, -0.2) is 9.37 Å². The first-order valence-corrected chi connectivity index (χ1v) is 6.93. The number of carbonyl (C=O) groups excluding carboxylic acids is 1. The number of thiazole rings is 1. The topological polar surface area (TPSA) is 62.2 Å². The van der Waals surface area contributed by atoms with Gasteiger partial charge in [0.15, 0.2) is 0 Å². The van der Waals surface area contributed by atoms with E-state index in [2.05, 4.69) is 10.3 Å². The summed E-state index contributed by atoms with van der Waals surface area (Å²) in [5.41, 5.74) is 0.931. The Morgan fingerprint density at radius 2 is 2.15 bits per heavy atom. The third-order valence-electron chi connectivity index (χ3n) is 2.88. The predicted octanol–water partition coefficient (Wildman–Crippen LogP) is 3.10. The number of benzene rings is 1. The first kappa shape index (κ1) is 14.5. The molecule has 2 N–H and O–H groups in total. The molecule has 1 atom stereocenters. The number of phenols is 1. The van der Waals surface area contributed by atoms with Crippen LogP contribution in [-0.2, 0) is 0 Å². The first-order valence-electron chi connectivity index (χ1n) is 6.11. The summed E-state index contributed by atoms with van der Waals surface area (Å²) in [5, 5.41) is 13.3. The standard InChI is InChI=1S/C14H15FN2O2S/c1-7-13(20-9(3)16-7)8(2)17-14(19)11-5-4-10(15)6-12(11)18/h4-6,8,18H,1-3H3,(H,17,19). The molecule has 20 heavy (non-hydrogen) atoms. The number of aromatic nitrogens is 1. The summed E-state index contributed by atoms with van der Waals surface area (Å²) in [5.74, 6) is -1.40. The van der Waals surface area contributed by atoms with Crippen molar-refractivity contribution in [3.63, 3.8) is 0 Å². The minimum Gasteiger partial charge on any atom is -0.507 e. The largest absolute Gasteiger partial charge is 0.507 e. The van der Waals surface area contributed by atoms with Crippen molar-refractivity contribution in [2.45, 2.75) is 26.8 Å². The molecule has 0 saturated carbocycles. The maximum absolute atomic E-state index is 12.9. The Labute approximate surface area is 120 Å². The van der Waals surface area contributed by atoms with Crippen LogP contribution in [0.5, 0.6) is 5.75 Å². The SMILES string of the molecule is Cc1nc(C)c(C(C)NC(=O)c2ccc(F)cc2O)s1. The van der Waals surface area contributed by atoms with Gasteiger partial charge in [-0.1, -0.05) is 0 Å². The Bertz CT molecular complexity index is 655. The van der Waals surface area contributed by atoms with Crippen molar-refractivity contribution in [3.05, 3.63) is 45.2 Å². The summed E-state index contributed by atoms with van der Waals surface area (Å²) in [6.45, 7) is 5.64. The van der Waals surface area contributed by atoms with Gasteiger partial charge in [-0.3, -0.25) is 4.79 Å². The van der Waals surface area contributed by atoms with E-state index in [-0.39, 0.29) is 17.4 Å². The molecule has 0 bridgehead atoms. The molecule has 0 fully saturated rings. The molecule has 1 aromatic carbocycles. The molecule has 0 radical (unpaired) electrons. The second-order valence-electron chi connectivity index (χ2n) is 4.54. The van der Waals surface area contributed by atoms with Gasteiger partial charge in [0.05, 0.1) is 22.3 Å². The first-order chi connectivity index (χ1) is 9.38. The number of halogens is 1. The number of hydrogen-bond donors (Lipinski definition) is 2. The highest BCUT2D eigenvalue weighted by Crippen LogP contribution is 2.25. The summed E-state index contributed by atoms with van der Waals surface area (Å²) in [7, 11) is 0. The molecule has 6 heteroatoms. The van der Waals surface area contributed by atoms with Gasteiger partial charge in [0, 0.05) is 10.9 Å². The summed E-state index contributed by atoms with van der Waals surface area (Å²) in [4.78, 5) is 17.3. The average molecular weight is 294 g/mol. The van der Waals surface area contributed by atoms with Gasteiger partial charge in [0.2, 0.25) is 0 Å². The summed E-state index contributed by atoms with van der Waals surface area (Å²) in [6, 6.07) is 3.10. The van der Waals surface area contributed by atoms with E-state index in [1.807, 2.05) is 20.8 Å². The number of nitrogens with one attached hydrogen (secondary N) is 1. The van der Waals surface area contributed by atoms with Crippen molar-refractivity contribution >= 4 is 17.2 Å². The maximum Gasteiger partial charge on any atom is 0.255 e. The maximum atomic E-state index is 12.9. The molecule has 106 valence electrons. The van der Waals surface area contributed by atoms with Crippen LogP contribution in [-0.4, -0.2) is 16.0 Å². The number of aryl methyl sites for hydroxylation is 2. The lowest BCUT2D eigenvalue weighted by atomic mass is 10.1. The van der Waals surface area contributed by atoms with Crippen LogP contribution in [0.2, 0.25) is 0 Å². The lowest BCUT2D eigenvalue weighted by Crippen LogP contribution is -2.26. The average Bonchev–Trinajstić information content (AvgIpc) is 2.68. The zero-order valence-corrected chi connectivity index (χ0v) is 12.2. The van der Waals surface area contributed by atoms with Crippen molar-refractivity contribution in [1.29, 1.82) is 0 Å². The fraction of sp³-hybridized carbons (Fsp3) is 0.286. The van der Waals surface area contributed by atoms with E-state index in [1.165, 1.54) is 17.4 Å². The van der Waals surface area contributed by atoms with Gasteiger partial charge in [0.1, 0.15) is 11.6 Å². The summed E-state index contributed by atoms with van der Waals surface area (Å²) < 4.78 is 12.9. The fourth-order valence-corrected chi connectivity index (χ4v) is 2.92. The number of aromatic hydroxyl groups is 1. The molecule has 1 unspecified atom stereocenters. The van der Waals surface area contributed by atoms with Crippen molar-refractivity contribution in [1.82, 2.24) is 10.3 Å². The molecular formula is C14H15FN2O2S. The second-order valence-corrected chi connectivity index (χ2v) is 5.77. The highest BCUT2D eigenvalue weighted by molar-refractivity contribution is 7.11. The van der Waals surface area contributed by atoms with Crippen LogP contribution in [0.25, 0.3) is 0 Å². The highest BCUT2D eigenvalue weighted by Gasteiger charge is 2.18. The van der Waals surface area contributed by atoms with E-state index in [0.717, 1.165) is 27.7 Å². The molecule has 2 rings (SSSR count). The molecule has 1 heterocycles. The molecule has 0 saturated heterocycles. The zero-order chi connectivity index (χ0) is 14.9. The second kappa shape index (κ2) is 5.58. The van der Waals surface area contributed by atoms with E-state index >= 15 is 0 Å². The minimum absolute atomic E-state index is 0.0529. The number of rotatable bonds is 3. The molecule has 1 aromatic heterocycles. The molecule has 0 spiro atoms. The molecule has 0 aliphatic heterocycles. The molecule has 0 aliphatic carbocycles. The molecule has 1 amide bonds. The molecular weight excluding hydrogens is 279 g/mol. The zero-order valence-electron chi connectivity index (χ0n) is 11.4. The molecule has 0 aliphatic rings.